The van der Waals surface area contributed by atoms with Crippen molar-refractivity contribution in [3.8, 4) is 0 Å². The summed E-state index contributed by atoms with van der Waals surface area (Å²) in [4.78, 5) is 16.7. The number of carbonyl (C=O) groups excluding carboxylic acids is 1. The summed E-state index contributed by atoms with van der Waals surface area (Å²) in [6, 6.07) is 8.23. The Bertz CT molecular complexity index is 524. The number of carbonyl (C=O) groups is 1. The number of nitrogens with zero attached hydrogens (tertiary/aromatic N) is 2. The monoisotopic (exact) mass is 319 g/mol. The lowest BCUT2D eigenvalue weighted by Gasteiger charge is -2.44. The molecule has 2 atom stereocenters. The van der Waals surface area contributed by atoms with Gasteiger partial charge in [0.2, 0.25) is 0 Å². The molecule has 1 heterocycles. The van der Waals surface area contributed by atoms with Crippen molar-refractivity contribution in [1.29, 1.82) is 0 Å². The van der Waals surface area contributed by atoms with E-state index in [1.165, 1.54) is 5.56 Å². The Labute approximate surface area is 139 Å². The van der Waals surface area contributed by atoms with E-state index in [2.05, 4.69) is 30.9 Å². The second-order valence-corrected chi connectivity index (χ2v) is 7.52. The summed E-state index contributed by atoms with van der Waals surface area (Å²) in [6.07, 6.45) is -0.218. The van der Waals surface area contributed by atoms with Gasteiger partial charge in [0.25, 0.3) is 0 Å². The summed E-state index contributed by atoms with van der Waals surface area (Å²) < 4.78 is 5.54. The second-order valence-electron chi connectivity index (χ2n) is 7.52. The third kappa shape index (κ3) is 4.86. The van der Waals surface area contributed by atoms with Gasteiger partial charge in [0.05, 0.1) is 0 Å². The summed E-state index contributed by atoms with van der Waals surface area (Å²) in [6.45, 7) is 12.4. The Hall–Kier alpha value is -1.75. The maximum absolute atomic E-state index is 12.4. The average molecular weight is 319 g/mol. The van der Waals surface area contributed by atoms with Crippen molar-refractivity contribution in [2.24, 2.45) is 0 Å². The number of rotatable bonds is 2. The fourth-order valence-corrected chi connectivity index (χ4v) is 3.12. The number of anilines is 1. The van der Waals surface area contributed by atoms with Gasteiger partial charge in [0.15, 0.2) is 0 Å². The van der Waals surface area contributed by atoms with Gasteiger partial charge in [-0.15, -0.1) is 0 Å². The Morgan fingerprint density at radius 2 is 1.70 bits per heavy atom. The topological polar surface area (TPSA) is 58.8 Å². The molecule has 1 aromatic carbocycles. The predicted octanol–water partition coefficient (Wildman–Crippen LogP) is 3.10. The fraction of sp³-hybridized carbons (Fsp3) is 0.611. The van der Waals surface area contributed by atoms with E-state index >= 15 is 0 Å². The third-order valence-electron chi connectivity index (χ3n) is 3.98. The molecule has 128 valence electrons. The highest BCUT2D eigenvalue weighted by Crippen LogP contribution is 2.21. The lowest BCUT2D eigenvalue weighted by molar-refractivity contribution is -0.0162. The molecule has 0 saturated carbocycles. The molecule has 5 nitrogen and oxygen atoms in total. The molecule has 0 aromatic heterocycles. The minimum absolute atomic E-state index is 0.127. The lowest BCUT2D eigenvalue weighted by Crippen LogP contribution is -2.59. The largest absolute Gasteiger partial charge is 0.444 e. The molecule has 1 aliphatic rings. The van der Waals surface area contributed by atoms with Crippen LogP contribution in [0.5, 0.6) is 0 Å². The highest BCUT2D eigenvalue weighted by Gasteiger charge is 2.35. The molecule has 0 aliphatic carbocycles. The van der Waals surface area contributed by atoms with Crippen LogP contribution in [-0.4, -0.2) is 46.7 Å². The number of piperazine rings is 1. The van der Waals surface area contributed by atoms with E-state index in [9.17, 15) is 4.79 Å². The molecule has 2 rings (SSSR count). The van der Waals surface area contributed by atoms with Crippen molar-refractivity contribution < 1.29 is 9.53 Å². The molecule has 0 radical (unpaired) electrons. The van der Waals surface area contributed by atoms with Gasteiger partial charge >= 0.3 is 6.09 Å². The maximum atomic E-state index is 12.4. The molecule has 1 fully saturated rings. The van der Waals surface area contributed by atoms with Gasteiger partial charge in [-0.3, -0.25) is 4.90 Å². The molecule has 5 heteroatoms. The first-order valence-corrected chi connectivity index (χ1v) is 8.24. The maximum Gasteiger partial charge on any atom is 0.410 e. The lowest BCUT2D eigenvalue weighted by atomic mass is 10.1. The Morgan fingerprint density at radius 1 is 1.17 bits per heavy atom. The zero-order valence-electron chi connectivity index (χ0n) is 14.9. The number of hydrogen-bond donors (Lipinski definition) is 1. The number of nitrogen functional groups attached to an aromatic ring is 1. The van der Waals surface area contributed by atoms with E-state index in [1.807, 2.05) is 37.8 Å². The standard InChI is InChI=1S/C18H29N3O2/c1-13-10-20(12-15-6-8-16(19)9-7-15)11-14(2)21(13)17(22)23-18(3,4)5/h6-9,13-14H,10-12,19H2,1-5H3/t13-,14+. The van der Waals surface area contributed by atoms with Gasteiger partial charge < -0.3 is 15.4 Å². The van der Waals surface area contributed by atoms with Crippen molar-refractivity contribution in [1.82, 2.24) is 9.80 Å². The number of nitrogens with two attached hydrogens (primary N) is 1. The van der Waals surface area contributed by atoms with Gasteiger partial charge in [-0.1, -0.05) is 12.1 Å². The summed E-state index contributed by atoms with van der Waals surface area (Å²) in [5, 5.41) is 0. The van der Waals surface area contributed by atoms with Crippen LogP contribution in [0.25, 0.3) is 0 Å². The first-order valence-electron chi connectivity index (χ1n) is 8.24. The second kappa shape index (κ2) is 6.79. The highest BCUT2D eigenvalue weighted by molar-refractivity contribution is 5.69. The number of amides is 1. The van der Waals surface area contributed by atoms with Crippen molar-refractivity contribution in [2.45, 2.75) is 58.8 Å². The van der Waals surface area contributed by atoms with Crippen LogP contribution in [0.4, 0.5) is 10.5 Å². The molecular weight excluding hydrogens is 290 g/mol. The average Bonchev–Trinajstić information content (AvgIpc) is 2.38. The molecule has 1 saturated heterocycles. The van der Waals surface area contributed by atoms with Gasteiger partial charge in [-0.05, 0) is 52.3 Å². The Kier molecular flexibility index (Phi) is 5.19. The SMILES string of the molecule is C[C@@H]1CN(Cc2ccc(N)cc2)C[C@H](C)N1C(=O)OC(C)(C)C. The third-order valence-corrected chi connectivity index (χ3v) is 3.98. The van der Waals surface area contributed by atoms with Gasteiger partial charge in [0, 0.05) is 37.4 Å². The van der Waals surface area contributed by atoms with Crippen LogP contribution in [0.3, 0.4) is 0 Å². The van der Waals surface area contributed by atoms with Gasteiger partial charge in [-0.2, -0.15) is 0 Å². The molecule has 23 heavy (non-hydrogen) atoms. The zero-order chi connectivity index (χ0) is 17.2. The van der Waals surface area contributed by atoms with Crippen molar-refractivity contribution in [2.75, 3.05) is 18.8 Å². The van der Waals surface area contributed by atoms with Crippen LogP contribution >= 0.6 is 0 Å². The Morgan fingerprint density at radius 3 is 2.17 bits per heavy atom. The molecule has 2 N–H and O–H groups in total. The van der Waals surface area contributed by atoms with E-state index in [0.717, 1.165) is 25.3 Å². The quantitative estimate of drug-likeness (QED) is 0.851. The van der Waals surface area contributed by atoms with E-state index in [0.29, 0.717) is 0 Å². The Balaban J connectivity index is 1.98. The minimum atomic E-state index is -0.461. The van der Waals surface area contributed by atoms with Crippen LogP contribution < -0.4 is 5.73 Å². The van der Waals surface area contributed by atoms with Crippen LogP contribution in [0.2, 0.25) is 0 Å². The van der Waals surface area contributed by atoms with Crippen LogP contribution in [0, 0.1) is 0 Å². The van der Waals surface area contributed by atoms with E-state index in [1.54, 1.807) is 0 Å². The van der Waals surface area contributed by atoms with Gasteiger partial charge in [0.1, 0.15) is 5.60 Å². The molecular formula is C18H29N3O2. The smallest absolute Gasteiger partial charge is 0.410 e. The summed E-state index contributed by atoms with van der Waals surface area (Å²) in [7, 11) is 0. The van der Waals surface area contributed by atoms with Crippen molar-refractivity contribution in [3.05, 3.63) is 29.8 Å². The molecule has 1 aliphatic heterocycles. The van der Waals surface area contributed by atoms with Crippen molar-refractivity contribution in [3.63, 3.8) is 0 Å². The van der Waals surface area contributed by atoms with Crippen LogP contribution in [0.1, 0.15) is 40.2 Å². The van der Waals surface area contributed by atoms with E-state index in [-0.39, 0.29) is 18.2 Å². The first kappa shape index (κ1) is 17.6. The number of ether oxygens (including phenoxy) is 1. The molecule has 0 spiro atoms. The molecule has 0 unspecified atom stereocenters. The number of hydrogen-bond acceptors (Lipinski definition) is 4. The molecule has 1 amide bonds. The van der Waals surface area contributed by atoms with Crippen LogP contribution in [0.15, 0.2) is 24.3 Å². The normalized spacial score (nSPS) is 22.9. The molecule has 0 bridgehead atoms. The van der Waals surface area contributed by atoms with E-state index < -0.39 is 5.60 Å². The summed E-state index contributed by atoms with van der Waals surface area (Å²) >= 11 is 0. The van der Waals surface area contributed by atoms with Crippen molar-refractivity contribution >= 4 is 11.8 Å². The zero-order valence-corrected chi connectivity index (χ0v) is 14.9. The van der Waals surface area contributed by atoms with Crippen LogP contribution in [-0.2, 0) is 11.3 Å². The highest BCUT2D eigenvalue weighted by atomic mass is 16.6. The predicted molar refractivity (Wildman–Crippen MR) is 93.1 cm³/mol. The van der Waals surface area contributed by atoms with E-state index in [4.69, 9.17) is 10.5 Å². The van der Waals surface area contributed by atoms with Gasteiger partial charge in [-0.25, -0.2) is 4.79 Å². The first-order chi connectivity index (χ1) is 10.7. The summed E-state index contributed by atoms with van der Waals surface area (Å²) in [5.41, 5.74) is 7.30. The fourth-order valence-electron chi connectivity index (χ4n) is 3.12. The minimum Gasteiger partial charge on any atom is -0.444 e. The summed E-state index contributed by atoms with van der Waals surface area (Å²) in [5.74, 6) is 0. The molecule has 1 aromatic rings. The number of benzene rings is 1.